The number of nitrogens with one attached hydrogen (secondary N) is 2. The lowest BCUT2D eigenvalue weighted by Gasteiger charge is -2.21. The number of thiazole rings is 1. The lowest BCUT2D eigenvalue weighted by molar-refractivity contribution is -0.384. The van der Waals surface area contributed by atoms with Crippen LogP contribution in [0.2, 0.25) is 0 Å². The van der Waals surface area contributed by atoms with Crippen molar-refractivity contribution in [2.75, 3.05) is 11.1 Å². The van der Waals surface area contributed by atoms with Gasteiger partial charge >= 0.3 is 0 Å². The van der Waals surface area contributed by atoms with Crippen LogP contribution in [0.15, 0.2) is 59.1 Å². The predicted molar refractivity (Wildman–Crippen MR) is 151 cm³/mol. The first kappa shape index (κ1) is 27.9. The van der Waals surface area contributed by atoms with Crippen LogP contribution in [0.25, 0.3) is 11.3 Å². The van der Waals surface area contributed by atoms with Crippen molar-refractivity contribution in [1.29, 1.82) is 0 Å². The molecule has 0 aliphatic rings. The highest BCUT2D eigenvalue weighted by molar-refractivity contribution is 7.99. The average molecular weight is 566 g/mol. The number of aryl methyl sites for hydroxylation is 1. The maximum atomic E-state index is 12.9. The molecule has 11 nitrogen and oxygen atoms in total. The molecule has 2 aromatic heterocycles. The summed E-state index contributed by atoms with van der Waals surface area (Å²) in [5, 5.41) is 28.0. The molecule has 1 atom stereocenters. The lowest BCUT2D eigenvalue weighted by atomic mass is 10.0. The van der Waals surface area contributed by atoms with Crippen molar-refractivity contribution in [3.63, 3.8) is 0 Å². The first-order valence-electron chi connectivity index (χ1n) is 12.0. The number of nitro groups is 1. The van der Waals surface area contributed by atoms with Crippen molar-refractivity contribution in [2.45, 2.75) is 32.0 Å². The summed E-state index contributed by atoms with van der Waals surface area (Å²) >= 11 is 2.45. The Morgan fingerprint density at radius 3 is 2.64 bits per heavy atom. The van der Waals surface area contributed by atoms with Gasteiger partial charge in [0.2, 0.25) is 5.91 Å². The molecule has 0 bridgehead atoms. The lowest BCUT2D eigenvalue weighted by Crippen LogP contribution is -2.33. The smallest absolute Gasteiger partial charge is 0.270 e. The van der Waals surface area contributed by atoms with E-state index in [0.717, 1.165) is 5.56 Å². The zero-order chi connectivity index (χ0) is 28.1. The minimum absolute atomic E-state index is 0.0278. The monoisotopic (exact) mass is 565 g/mol. The Morgan fingerprint density at radius 1 is 1.15 bits per heavy atom. The summed E-state index contributed by atoms with van der Waals surface area (Å²) in [6.07, 6.45) is 0. The van der Waals surface area contributed by atoms with Gasteiger partial charge < -0.3 is 15.2 Å². The van der Waals surface area contributed by atoms with Crippen LogP contribution in [0.3, 0.4) is 0 Å². The Morgan fingerprint density at radius 2 is 1.92 bits per heavy atom. The fourth-order valence-electron chi connectivity index (χ4n) is 3.79. The molecule has 0 aliphatic heterocycles. The zero-order valence-corrected chi connectivity index (χ0v) is 23.4. The van der Waals surface area contributed by atoms with Crippen molar-refractivity contribution < 1.29 is 14.5 Å². The summed E-state index contributed by atoms with van der Waals surface area (Å²) in [4.78, 5) is 40.4. The maximum Gasteiger partial charge on any atom is 0.270 e. The van der Waals surface area contributed by atoms with Crippen LogP contribution in [0, 0.1) is 23.0 Å². The number of nitrogens with zero attached hydrogens (tertiary/aromatic N) is 5. The topological polar surface area (TPSA) is 145 Å². The number of hydrogen-bond acceptors (Lipinski definition) is 9. The molecule has 2 amide bonds. The molecule has 0 unspecified atom stereocenters. The van der Waals surface area contributed by atoms with Gasteiger partial charge in [-0.1, -0.05) is 55.4 Å². The van der Waals surface area contributed by atoms with Gasteiger partial charge in [-0.05, 0) is 25.0 Å². The van der Waals surface area contributed by atoms with E-state index < -0.39 is 4.92 Å². The first-order valence-corrected chi connectivity index (χ1v) is 13.9. The van der Waals surface area contributed by atoms with E-state index in [-0.39, 0.29) is 35.2 Å². The van der Waals surface area contributed by atoms with Crippen molar-refractivity contribution in [1.82, 2.24) is 25.1 Å². The van der Waals surface area contributed by atoms with Gasteiger partial charge in [-0.3, -0.25) is 19.7 Å². The highest BCUT2D eigenvalue weighted by atomic mass is 32.2. The van der Waals surface area contributed by atoms with Gasteiger partial charge in [-0.15, -0.1) is 21.5 Å². The Balaban J connectivity index is 1.38. The number of hydrogen-bond donors (Lipinski definition) is 2. The second-order valence-corrected chi connectivity index (χ2v) is 10.9. The van der Waals surface area contributed by atoms with Gasteiger partial charge in [0.1, 0.15) is 0 Å². The second kappa shape index (κ2) is 12.2. The summed E-state index contributed by atoms with van der Waals surface area (Å²) in [6.45, 7) is 5.92. The van der Waals surface area contributed by atoms with Crippen LogP contribution in [0.4, 0.5) is 10.8 Å². The number of rotatable bonds is 10. The van der Waals surface area contributed by atoms with Crippen molar-refractivity contribution >= 4 is 45.7 Å². The van der Waals surface area contributed by atoms with Crippen molar-refractivity contribution in [3.8, 4) is 11.3 Å². The van der Waals surface area contributed by atoms with E-state index in [9.17, 15) is 19.7 Å². The third kappa shape index (κ3) is 6.86. The number of carbonyl (C=O) groups is 2. The molecule has 2 heterocycles. The van der Waals surface area contributed by atoms with Crippen molar-refractivity contribution in [3.05, 3.63) is 81.0 Å². The Labute approximate surface area is 233 Å². The van der Waals surface area contributed by atoms with E-state index in [2.05, 4.69) is 25.8 Å². The SMILES string of the molecule is Cc1cccc(C(=O)N[C@H](c2nnc(SCC(=O)Nc3nc(-c4cccc([N+](=O)[O-])c4)cs3)n2C)C(C)C)c1. The summed E-state index contributed by atoms with van der Waals surface area (Å²) in [5.74, 6) is 0.239. The van der Waals surface area contributed by atoms with Crippen LogP contribution in [-0.4, -0.2) is 42.2 Å². The molecule has 0 saturated heterocycles. The highest BCUT2D eigenvalue weighted by Gasteiger charge is 2.25. The molecule has 4 rings (SSSR count). The van der Waals surface area contributed by atoms with Crippen LogP contribution < -0.4 is 10.6 Å². The fraction of sp³-hybridized carbons (Fsp3) is 0.269. The minimum Gasteiger partial charge on any atom is -0.342 e. The average Bonchev–Trinajstić information content (AvgIpc) is 3.52. The van der Waals surface area contributed by atoms with E-state index in [1.165, 1.54) is 35.2 Å². The van der Waals surface area contributed by atoms with Crippen molar-refractivity contribution in [2.24, 2.45) is 13.0 Å². The first-order chi connectivity index (χ1) is 18.6. The summed E-state index contributed by atoms with van der Waals surface area (Å²) in [5.41, 5.74) is 2.68. The van der Waals surface area contributed by atoms with E-state index in [0.29, 0.717) is 32.9 Å². The molecule has 4 aromatic rings. The van der Waals surface area contributed by atoms with E-state index in [4.69, 9.17) is 0 Å². The molecule has 2 N–H and O–H groups in total. The van der Waals surface area contributed by atoms with Gasteiger partial charge in [0.25, 0.3) is 11.6 Å². The number of amides is 2. The molecule has 2 aromatic carbocycles. The van der Waals surface area contributed by atoms with Crippen LogP contribution in [0.5, 0.6) is 0 Å². The number of non-ortho nitro benzene ring substituents is 1. The molecular formula is C26H27N7O4S2. The molecule has 13 heteroatoms. The van der Waals surface area contributed by atoms with E-state index in [1.54, 1.807) is 35.2 Å². The molecule has 0 radical (unpaired) electrons. The Kier molecular flexibility index (Phi) is 8.72. The number of anilines is 1. The van der Waals surface area contributed by atoms with Gasteiger partial charge in [0.15, 0.2) is 16.1 Å². The molecule has 39 heavy (non-hydrogen) atoms. The number of thioether (sulfide) groups is 1. The zero-order valence-electron chi connectivity index (χ0n) is 21.7. The maximum absolute atomic E-state index is 12.9. The summed E-state index contributed by atoms with van der Waals surface area (Å²) < 4.78 is 1.78. The number of benzene rings is 2. The normalized spacial score (nSPS) is 11.8. The molecule has 0 saturated carbocycles. The van der Waals surface area contributed by atoms with E-state index >= 15 is 0 Å². The third-order valence-electron chi connectivity index (χ3n) is 5.82. The minimum atomic E-state index is -0.463. The molecule has 0 spiro atoms. The quantitative estimate of drug-likeness (QED) is 0.155. The fourth-order valence-corrected chi connectivity index (χ4v) is 5.24. The molecule has 202 valence electrons. The van der Waals surface area contributed by atoms with E-state index in [1.807, 2.05) is 39.0 Å². The summed E-state index contributed by atoms with van der Waals surface area (Å²) in [6, 6.07) is 13.2. The van der Waals surface area contributed by atoms with Crippen LogP contribution in [-0.2, 0) is 11.8 Å². The highest BCUT2D eigenvalue weighted by Crippen LogP contribution is 2.28. The number of nitro benzene ring substituents is 1. The second-order valence-electron chi connectivity index (χ2n) is 9.15. The molecule has 0 fully saturated rings. The van der Waals surface area contributed by atoms with Gasteiger partial charge in [0.05, 0.1) is 22.4 Å². The third-order valence-corrected chi connectivity index (χ3v) is 7.59. The van der Waals surface area contributed by atoms with Gasteiger partial charge in [-0.25, -0.2) is 4.98 Å². The van der Waals surface area contributed by atoms with Crippen LogP contribution in [0.1, 0.15) is 41.6 Å². The Hall–Kier alpha value is -4.10. The standard InChI is InChI=1S/C26H27N7O4S2/c1-15(2)22(29-24(35)18-9-5-7-16(3)11-18)23-30-31-26(32(23)4)39-14-21(34)28-25-27-20(13-38-25)17-8-6-10-19(12-17)33(36)37/h5-13,15,22H,14H2,1-4H3,(H,29,35)(H,27,28,34)/t22-/m0/s1. The largest absolute Gasteiger partial charge is 0.342 e. The number of aromatic nitrogens is 4. The van der Waals surface area contributed by atoms with Crippen LogP contribution >= 0.6 is 23.1 Å². The van der Waals surface area contributed by atoms with Gasteiger partial charge in [-0.2, -0.15) is 0 Å². The molecular weight excluding hydrogens is 538 g/mol. The van der Waals surface area contributed by atoms with Gasteiger partial charge in [0, 0.05) is 35.7 Å². The Bertz CT molecular complexity index is 1520. The molecule has 0 aliphatic carbocycles. The number of carbonyl (C=O) groups excluding carboxylic acids is 2. The summed E-state index contributed by atoms with van der Waals surface area (Å²) in [7, 11) is 1.80. The predicted octanol–water partition coefficient (Wildman–Crippen LogP) is 5.01.